The topological polar surface area (TPSA) is 97.2 Å². The molecule has 1 N–H and O–H groups in total. The first-order valence-corrected chi connectivity index (χ1v) is 12.5. The maximum atomic E-state index is 12.9. The van der Waals surface area contributed by atoms with Crippen LogP contribution in [-0.2, 0) is 21.4 Å². The molecule has 8 nitrogen and oxygen atoms in total. The van der Waals surface area contributed by atoms with Crippen LogP contribution < -0.4 is 5.32 Å². The molecular formula is C23H29N5O3S. The van der Waals surface area contributed by atoms with E-state index in [0.29, 0.717) is 38.0 Å². The number of anilines is 1. The predicted octanol–water partition coefficient (Wildman–Crippen LogP) is 3.64. The highest BCUT2D eigenvalue weighted by atomic mass is 32.2. The molecule has 1 amide bonds. The van der Waals surface area contributed by atoms with Crippen molar-refractivity contribution in [2.45, 2.75) is 57.4 Å². The highest BCUT2D eigenvalue weighted by molar-refractivity contribution is 7.89. The fourth-order valence-electron chi connectivity index (χ4n) is 4.09. The van der Waals surface area contributed by atoms with E-state index in [4.69, 9.17) is 0 Å². The molecule has 2 heterocycles. The van der Waals surface area contributed by atoms with E-state index in [1.807, 2.05) is 32.0 Å². The van der Waals surface area contributed by atoms with Crippen molar-refractivity contribution in [2.75, 3.05) is 18.4 Å². The SMILES string of the molecule is Cc1ccc(NC(=O)CCCn2nnc3cc(S(=O)(=O)N4CCCCC4)ccc32)c(C)c1. The molecule has 0 unspecified atom stereocenters. The van der Waals surface area contributed by atoms with Gasteiger partial charge in [0.15, 0.2) is 0 Å². The second kappa shape index (κ2) is 9.38. The number of hydrogen-bond acceptors (Lipinski definition) is 5. The molecule has 3 aromatic rings. The van der Waals surface area contributed by atoms with Crippen LogP contribution in [-0.4, -0.2) is 46.7 Å². The molecule has 2 aromatic carbocycles. The van der Waals surface area contributed by atoms with E-state index >= 15 is 0 Å². The molecule has 1 aliphatic heterocycles. The molecule has 1 aliphatic rings. The summed E-state index contributed by atoms with van der Waals surface area (Å²) in [5.41, 5.74) is 4.33. The molecule has 4 rings (SSSR count). The van der Waals surface area contributed by atoms with Crippen molar-refractivity contribution in [3.05, 3.63) is 47.5 Å². The minimum atomic E-state index is -3.51. The van der Waals surface area contributed by atoms with Crippen LogP contribution in [0.1, 0.15) is 43.2 Å². The first-order chi connectivity index (χ1) is 15.3. The zero-order valence-electron chi connectivity index (χ0n) is 18.5. The molecule has 0 spiro atoms. The van der Waals surface area contributed by atoms with E-state index < -0.39 is 10.0 Å². The fraction of sp³-hybridized carbons (Fsp3) is 0.435. The van der Waals surface area contributed by atoms with E-state index in [1.54, 1.807) is 27.2 Å². The van der Waals surface area contributed by atoms with Crippen LogP contribution in [0, 0.1) is 13.8 Å². The maximum Gasteiger partial charge on any atom is 0.243 e. The van der Waals surface area contributed by atoms with Crippen LogP contribution in [0.15, 0.2) is 41.3 Å². The number of hydrogen-bond donors (Lipinski definition) is 1. The Hall–Kier alpha value is -2.78. The standard InChI is InChI=1S/C23H29N5O3S/c1-17-8-10-20(18(2)15-17)24-23(29)7-6-14-28-22-11-9-19(16-21(22)25-26-28)32(30,31)27-12-4-3-5-13-27/h8-11,15-16H,3-7,12-14H2,1-2H3,(H,24,29). The third-order valence-corrected chi connectivity index (χ3v) is 7.76. The third kappa shape index (κ3) is 4.83. The van der Waals surface area contributed by atoms with Crippen LogP contribution in [0.3, 0.4) is 0 Å². The van der Waals surface area contributed by atoms with Gasteiger partial charge < -0.3 is 5.32 Å². The number of nitrogens with one attached hydrogen (secondary N) is 1. The summed E-state index contributed by atoms with van der Waals surface area (Å²) in [6, 6.07) is 10.9. The predicted molar refractivity (Wildman–Crippen MR) is 124 cm³/mol. The molecule has 1 fully saturated rings. The Labute approximate surface area is 188 Å². The number of piperidine rings is 1. The molecule has 0 aliphatic carbocycles. The Kier molecular flexibility index (Phi) is 6.57. The van der Waals surface area contributed by atoms with Crippen LogP contribution in [0.4, 0.5) is 5.69 Å². The number of sulfonamides is 1. The number of fused-ring (bicyclic) bond motifs is 1. The summed E-state index contributed by atoms with van der Waals surface area (Å²) in [5.74, 6) is -0.0451. The van der Waals surface area contributed by atoms with Gasteiger partial charge in [-0.25, -0.2) is 13.1 Å². The summed E-state index contributed by atoms with van der Waals surface area (Å²) in [4.78, 5) is 12.6. The summed E-state index contributed by atoms with van der Waals surface area (Å²) in [6.45, 7) is 5.65. The van der Waals surface area contributed by atoms with Crippen LogP contribution in [0.5, 0.6) is 0 Å². The van der Waals surface area contributed by atoms with Crippen molar-refractivity contribution < 1.29 is 13.2 Å². The lowest BCUT2D eigenvalue weighted by Gasteiger charge is -2.25. The highest BCUT2D eigenvalue weighted by Crippen LogP contribution is 2.23. The highest BCUT2D eigenvalue weighted by Gasteiger charge is 2.26. The molecule has 0 bridgehead atoms. The van der Waals surface area contributed by atoms with E-state index in [-0.39, 0.29) is 10.8 Å². The number of nitrogens with zero attached hydrogens (tertiary/aromatic N) is 4. The molecule has 0 atom stereocenters. The van der Waals surface area contributed by atoms with Crippen molar-refractivity contribution in [3.8, 4) is 0 Å². The number of aryl methyl sites for hydroxylation is 3. The quantitative estimate of drug-likeness (QED) is 0.587. The summed E-state index contributed by atoms with van der Waals surface area (Å²) in [5, 5.41) is 11.3. The first-order valence-electron chi connectivity index (χ1n) is 11.0. The van der Waals surface area contributed by atoms with Crippen LogP contribution in [0.25, 0.3) is 11.0 Å². The summed E-state index contributed by atoms with van der Waals surface area (Å²) in [6.07, 6.45) is 3.82. The van der Waals surface area contributed by atoms with Gasteiger partial charge >= 0.3 is 0 Å². The van der Waals surface area contributed by atoms with E-state index in [1.165, 1.54) is 0 Å². The van der Waals surface area contributed by atoms with Crippen LogP contribution in [0.2, 0.25) is 0 Å². The van der Waals surface area contributed by atoms with Gasteiger partial charge in [-0.2, -0.15) is 4.31 Å². The van der Waals surface area contributed by atoms with Crippen molar-refractivity contribution in [2.24, 2.45) is 0 Å². The Morgan fingerprint density at radius 2 is 1.84 bits per heavy atom. The lowest BCUT2D eigenvalue weighted by molar-refractivity contribution is -0.116. The number of aromatic nitrogens is 3. The molecular weight excluding hydrogens is 426 g/mol. The second-order valence-corrected chi connectivity index (χ2v) is 10.3. The lowest BCUT2D eigenvalue weighted by Crippen LogP contribution is -2.35. The van der Waals surface area contributed by atoms with Gasteiger partial charge in [0.1, 0.15) is 5.52 Å². The van der Waals surface area contributed by atoms with Gasteiger partial charge in [-0.1, -0.05) is 29.3 Å². The largest absolute Gasteiger partial charge is 0.326 e. The van der Waals surface area contributed by atoms with Gasteiger partial charge in [0.05, 0.1) is 10.4 Å². The first kappa shape index (κ1) is 22.4. The number of amides is 1. The Morgan fingerprint density at radius 3 is 2.59 bits per heavy atom. The number of carbonyl (C=O) groups is 1. The molecule has 32 heavy (non-hydrogen) atoms. The minimum absolute atomic E-state index is 0.0451. The summed E-state index contributed by atoms with van der Waals surface area (Å²) >= 11 is 0. The smallest absolute Gasteiger partial charge is 0.243 e. The van der Waals surface area contributed by atoms with Crippen LogP contribution >= 0.6 is 0 Å². The molecule has 1 saturated heterocycles. The normalized spacial score (nSPS) is 15.2. The Morgan fingerprint density at radius 1 is 1.06 bits per heavy atom. The summed E-state index contributed by atoms with van der Waals surface area (Å²) in [7, 11) is -3.51. The zero-order valence-corrected chi connectivity index (χ0v) is 19.4. The number of rotatable bonds is 7. The van der Waals surface area contributed by atoms with Gasteiger partial charge in [-0.15, -0.1) is 5.10 Å². The van der Waals surface area contributed by atoms with E-state index in [9.17, 15) is 13.2 Å². The molecule has 170 valence electrons. The molecule has 0 saturated carbocycles. The van der Waals surface area contributed by atoms with Crippen molar-refractivity contribution in [1.29, 1.82) is 0 Å². The Balaban J connectivity index is 1.38. The third-order valence-electron chi connectivity index (χ3n) is 5.87. The maximum absolute atomic E-state index is 12.9. The van der Waals surface area contributed by atoms with Crippen molar-refractivity contribution >= 4 is 32.7 Å². The second-order valence-electron chi connectivity index (χ2n) is 8.40. The molecule has 0 radical (unpaired) electrons. The van der Waals surface area contributed by atoms with Gasteiger partial charge in [0, 0.05) is 31.7 Å². The lowest BCUT2D eigenvalue weighted by atomic mass is 10.1. The van der Waals surface area contributed by atoms with E-state index in [2.05, 4.69) is 15.6 Å². The molecule has 9 heteroatoms. The average Bonchev–Trinajstić information content (AvgIpc) is 3.19. The summed E-state index contributed by atoms with van der Waals surface area (Å²) < 4.78 is 29.1. The van der Waals surface area contributed by atoms with Gasteiger partial charge in [0.25, 0.3) is 0 Å². The fourth-order valence-corrected chi connectivity index (χ4v) is 5.63. The molecule has 1 aromatic heterocycles. The Bertz CT molecular complexity index is 1230. The van der Waals surface area contributed by atoms with Gasteiger partial charge in [-0.05, 0) is 62.9 Å². The van der Waals surface area contributed by atoms with Crippen molar-refractivity contribution in [3.63, 3.8) is 0 Å². The minimum Gasteiger partial charge on any atom is -0.326 e. The number of benzene rings is 2. The number of carbonyl (C=O) groups excluding carboxylic acids is 1. The van der Waals surface area contributed by atoms with Crippen molar-refractivity contribution in [1.82, 2.24) is 19.3 Å². The monoisotopic (exact) mass is 455 g/mol. The van der Waals surface area contributed by atoms with E-state index in [0.717, 1.165) is 41.6 Å². The van der Waals surface area contributed by atoms with Gasteiger partial charge in [-0.3, -0.25) is 4.79 Å². The zero-order chi connectivity index (χ0) is 22.7. The average molecular weight is 456 g/mol. The van der Waals surface area contributed by atoms with Gasteiger partial charge in [0.2, 0.25) is 15.9 Å².